The lowest BCUT2D eigenvalue weighted by Crippen LogP contribution is -2.22. The van der Waals surface area contributed by atoms with Gasteiger partial charge >= 0.3 is 0 Å². The zero-order chi connectivity index (χ0) is 12.5. The molecule has 0 saturated carbocycles. The highest BCUT2D eigenvalue weighted by Crippen LogP contribution is 2.23. The number of rotatable bonds is 3. The Morgan fingerprint density at radius 2 is 2.12 bits per heavy atom. The fourth-order valence-corrected chi connectivity index (χ4v) is 2.19. The Labute approximate surface area is 100 Å². The largest absolute Gasteiger partial charge is 0.326 e. The highest BCUT2D eigenvalue weighted by molar-refractivity contribution is 7.88. The molecule has 0 bridgehead atoms. The highest BCUT2D eigenvalue weighted by Gasteiger charge is 2.14. The first-order valence-corrected chi connectivity index (χ1v) is 7.19. The van der Waals surface area contributed by atoms with Crippen LogP contribution >= 0.6 is 0 Å². The Balaban J connectivity index is 2.14. The van der Waals surface area contributed by atoms with E-state index in [-0.39, 0.29) is 12.5 Å². The third kappa shape index (κ3) is 3.28. The van der Waals surface area contributed by atoms with E-state index in [4.69, 9.17) is 0 Å². The van der Waals surface area contributed by atoms with Crippen LogP contribution in [0.2, 0.25) is 0 Å². The third-order valence-corrected chi connectivity index (χ3v) is 3.27. The van der Waals surface area contributed by atoms with Crippen molar-refractivity contribution >= 4 is 21.6 Å². The Bertz CT molecular complexity index is 552. The van der Waals surface area contributed by atoms with E-state index in [2.05, 4.69) is 10.0 Å². The van der Waals surface area contributed by atoms with Crippen molar-refractivity contribution < 1.29 is 13.2 Å². The maximum Gasteiger partial charge on any atom is 0.224 e. The van der Waals surface area contributed by atoms with Gasteiger partial charge in [-0.3, -0.25) is 4.79 Å². The number of nitrogens with one attached hydrogen (secondary N) is 2. The number of aryl methyl sites for hydroxylation is 1. The lowest BCUT2D eigenvalue weighted by atomic mass is 10.0. The van der Waals surface area contributed by atoms with E-state index in [1.54, 1.807) is 0 Å². The molecule has 0 atom stereocenters. The lowest BCUT2D eigenvalue weighted by Gasteiger charge is -2.17. The minimum absolute atomic E-state index is 0.0273. The quantitative estimate of drug-likeness (QED) is 0.830. The van der Waals surface area contributed by atoms with Crippen molar-refractivity contribution in [2.24, 2.45) is 0 Å². The molecule has 1 aromatic carbocycles. The van der Waals surface area contributed by atoms with Gasteiger partial charge in [0.2, 0.25) is 15.9 Å². The predicted molar refractivity (Wildman–Crippen MR) is 65.1 cm³/mol. The number of sulfonamides is 1. The molecule has 1 aromatic rings. The number of amides is 1. The molecule has 1 amide bonds. The van der Waals surface area contributed by atoms with Gasteiger partial charge in [0.25, 0.3) is 0 Å². The number of benzene rings is 1. The van der Waals surface area contributed by atoms with Crippen LogP contribution in [0.5, 0.6) is 0 Å². The second kappa shape index (κ2) is 4.46. The summed E-state index contributed by atoms with van der Waals surface area (Å²) in [5.41, 5.74) is 2.77. The molecule has 5 nitrogen and oxygen atoms in total. The standard InChI is InChI=1S/C11H14N2O3S/c1-17(15,16)12-7-8-2-4-10-9(6-8)3-5-11(14)13-10/h2,4,6,12H,3,5,7H2,1H3,(H,13,14). The summed E-state index contributed by atoms with van der Waals surface area (Å²) >= 11 is 0. The van der Waals surface area contributed by atoms with E-state index in [1.165, 1.54) is 0 Å². The van der Waals surface area contributed by atoms with Crippen molar-refractivity contribution in [3.8, 4) is 0 Å². The second-order valence-corrected chi connectivity index (χ2v) is 5.97. The molecule has 0 saturated heterocycles. The number of fused-ring (bicyclic) bond motifs is 1. The first-order chi connectivity index (χ1) is 7.94. The van der Waals surface area contributed by atoms with Crippen molar-refractivity contribution in [1.29, 1.82) is 0 Å². The molecule has 1 aliphatic heterocycles. The summed E-state index contributed by atoms with van der Waals surface area (Å²) < 4.78 is 24.4. The average Bonchev–Trinajstić information content (AvgIpc) is 2.25. The van der Waals surface area contributed by atoms with Crippen LogP contribution in [0.25, 0.3) is 0 Å². The topological polar surface area (TPSA) is 75.3 Å². The van der Waals surface area contributed by atoms with Crippen LogP contribution in [0.15, 0.2) is 18.2 Å². The van der Waals surface area contributed by atoms with Crippen molar-refractivity contribution in [3.63, 3.8) is 0 Å². The van der Waals surface area contributed by atoms with Crippen molar-refractivity contribution in [2.75, 3.05) is 11.6 Å². The maximum absolute atomic E-state index is 11.2. The molecule has 17 heavy (non-hydrogen) atoms. The summed E-state index contributed by atoms with van der Waals surface area (Å²) in [6, 6.07) is 5.54. The summed E-state index contributed by atoms with van der Waals surface area (Å²) in [7, 11) is -3.17. The SMILES string of the molecule is CS(=O)(=O)NCc1ccc2c(c1)CCC(=O)N2. The number of carbonyl (C=O) groups excluding carboxylic acids is 1. The van der Waals surface area contributed by atoms with Crippen LogP contribution in [-0.4, -0.2) is 20.6 Å². The number of hydrogen-bond acceptors (Lipinski definition) is 3. The van der Waals surface area contributed by atoms with Crippen LogP contribution in [0.3, 0.4) is 0 Å². The molecule has 6 heteroatoms. The second-order valence-electron chi connectivity index (χ2n) is 4.13. The van der Waals surface area contributed by atoms with Gasteiger partial charge in [0.05, 0.1) is 6.26 Å². The van der Waals surface area contributed by atoms with Gasteiger partial charge in [0, 0.05) is 18.7 Å². The fraction of sp³-hybridized carbons (Fsp3) is 0.364. The fourth-order valence-electron chi connectivity index (χ4n) is 1.76. The molecule has 92 valence electrons. The molecule has 0 aromatic heterocycles. The van der Waals surface area contributed by atoms with Gasteiger partial charge in [-0.25, -0.2) is 13.1 Å². The summed E-state index contributed by atoms with van der Waals surface area (Å²) in [6.07, 6.45) is 2.31. The minimum Gasteiger partial charge on any atom is -0.326 e. The zero-order valence-corrected chi connectivity index (χ0v) is 10.3. The van der Waals surface area contributed by atoms with E-state index in [9.17, 15) is 13.2 Å². The molecule has 0 radical (unpaired) electrons. The Kier molecular flexibility index (Phi) is 3.17. The normalized spacial score (nSPS) is 15.2. The van der Waals surface area contributed by atoms with Crippen LogP contribution in [0.1, 0.15) is 17.5 Å². The third-order valence-electron chi connectivity index (χ3n) is 2.60. The lowest BCUT2D eigenvalue weighted by molar-refractivity contribution is -0.116. The summed E-state index contributed by atoms with van der Waals surface area (Å²) in [5.74, 6) is 0.0273. The van der Waals surface area contributed by atoms with E-state index < -0.39 is 10.0 Å². The Hall–Kier alpha value is -1.40. The van der Waals surface area contributed by atoms with Gasteiger partial charge in [0.1, 0.15) is 0 Å². The van der Waals surface area contributed by atoms with Gasteiger partial charge < -0.3 is 5.32 Å². The minimum atomic E-state index is -3.17. The van der Waals surface area contributed by atoms with Gasteiger partial charge in [-0.15, -0.1) is 0 Å². The molecule has 0 aliphatic carbocycles. The van der Waals surface area contributed by atoms with Crippen LogP contribution < -0.4 is 10.0 Å². The molecule has 0 unspecified atom stereocenters. The monoisotopic (exact) mass is 254 g/mol. The Morgan fingerprint density at radius 3 is 2.82 bits per heavy atom. The molecule has 1 heterocycles. The van der Waals surface area contributed by atoms with Gasteiger partial charge in [-0.1, -0.05) is 12.1 Å². The van der Waals surface area contributed by atoms with Crippen LogP contribution in [0, 0.1) is 0 Å². The van der Waals surface area contributed by atoms with Gasteiger partial charge in [-0.2, -0.15) is 0 Å². The molecule has 0 spiro atoms. The van der Waals surface area contributed by atoms with Crippen LogP contribution in [-0.2, 0) is 27.8 Å². The maximum atomic E-state index is 11.2. The highest BCUT2D eigenvalue weighted by atomic mass is 32.2. The molecular weight excluding hydrogens is 240 g/mol. The Morgan fingerprint density at radius 1 is 1.35 bits per heavy atom. The number of anilines is 1. The summed E-state index contributed by atoms with van der Waals surface area (Å²) in [6.45, 7) is 0.278. The first kappa shape index (κ1) is 12.1. The van der Waals surface area contributed by atoms with E-state index >= 15 is 0 Å². The van der Waals surface area contributed by atoms with Gasteiger partial charge in [-0.05, 0) is 23.6 Å². The summed E-state index contributed by atoms with van der Waals surface area (Å²) in [5, 5.41) is 2.78. The molecule has 0 fully saturated rings. The van der Waals surface area contributed by atoms with Crippen molar-refractivity contribution in [2.45, 2.75) is 19.4 Å². The predicted octanol–water partition coefficient (Wildman–Crippen LogP) is 0.620. The van der Waals surface area contributed by atoms with Crippen LogP contribution in [0.4, 0.5) is 5.69 Å². The number of carbonyl (C=O) groups is 1. The summed E-state index contributed by atoms with van der Waals surface area (Å²) in [4.78, 5) is 11.2. The number of hydrogen-bond donors (Lipinski definition) is 2. The van der Waals surface area contributed by atoms with E-state index in [1.807, 2.05) is 18.2 Å². The molecule has 2 N–H and O–H groups in total. The van der Waals surface area contributed by atoms with Crippen molar-refractivity contribution in [1.82, 2.24) is 4.72 Å². The van der Waals surface area contributed by atoms with Gasteiger partial charge in [0.15, 0.2) is 0 Å². The average molecular weight is 254 g/mol. The zero-order valence-electron chi connectivity index (χ0n) is 9.49. The van der Waals surface area contributed by atoms with Crippen molar-refractivity contribution in [3.05, 3.63) is 29.3 Å². The van der Waals surface area contributed by atoms with E-state index in [0.717, 1.165) is 23.1 Å². The van der Waals surface area contributed by atoms with E-state index in [0.29, 0.717) is 12.8 Å². The molecular formula is C11H14N2O3S. The molecule has 1 aliphatic rings. The smallest absolute Gasteiger partial charge is 0.224 e. The first-order valence-electron chi connectivity index (χ1n) is 5.30. The molecule has 2 rings (SSSR count).